The summed E-state index contributed by atoms with van der Waals surface area (Å²) in [4.78, 5) is 31.2. The summed E-state index contributed by atoms with van der Waals surface area (Å²) >= 11 is 0. The lowest BCUT2D eigenvalue weighted by molar-refractivity contribution is -0.121. The van der Waals surface area contributed by atoms with Gasteiger partial charge in [0.2, 0.25) is 5.91 Å². The minimum atomic E-state index is -0.106. The summed E-state index contributed by atoms with van der Waals surface area (Å²) in [5, 5.41) is 3.01. The molecule has 1 aromatic carbocycles. The van der Waals surface area contributed by atoms with Crippen molar-refractivity contribution in [1.29, 1.82) is 0 Å². The van der Waals surface area contributed by atoms with Gasteiger partial charge in [0.25, 0.3) is 5.91 Å². The van der Waals surface area contributed by atoms with Gasteiger partial charge in [0, 0.05) is 49.7 Å². The van der Waals surface area contributed by atoms with Crippen LogP contribution >= 0.6 is 0 Å². The van der Waals surface area contributed by atoms with E-state index in [1.165, 1.54) is 12.5 Å². The van der Waals surface area contributed by atoms with Gasteiger partial charge in [0.15, 0.2) is 0 Å². The van der Waals surface area contributed by atoms with E-state index in [2.05, 4.69) is 10.3 Å². The van der Waals surface area contributed by atoms with Gasteiger partial charge in [0.1, 0.15) is 12.1 Å². The minimum absolute atomic E-state index is 0.00704. The molecule has 7 nitrogen and oxygen atoms in total. The number of imidazole rings is 1. The van der Waals surface area contributed by atoms with E-state index >= 15 is 0 Å². The largest absolute Gasteiger partial charge is 0.472 e. The fourth-order valence-corrected chi connectivity index (χ4v) is 3.54. The van der Waals surface area contributed by atoms with Crippen LogP contribution in [-0.2, 0) is 11.8 Å². The summed E-state index contributed by atoms with van der Waals surface area (Å²) in [5.74, 6) is 0.690. The van der Waals surface area contributed by atoms with Crippen molar-refractivity contribution in [3.8, 4) is 11.4 Å². The van der Waals surface area contributed by atoms with Crippen molar-refractivity contribution in [2.24, 2.45) is 13.0 Å². The van der Waals surface area contributed by atoms with Crippen LogP contribution in [0.15, 0.2) is 59.7 Å². The molecule has 3 aromatic rings. The molecule has 1 aliphatic rings. The van der Waals surface area contributed by atoms with E-state index in [1.54, 1.807) is 17.2 Å². The highest BCUT2D eigenvalue weighted by Gasteiger charge is 2.28. The first-order chi connectivity index (χ1) is 13.6. The Morgan fingerprint density at radius 2 is 2.04 bits per heavy atom. The lowest BCUT2D eigenvalue weighted by Gasteiger charge is -2.31. The average molecular weight is 378 g/mol. The molecule has 7 heteroatoms. The summed E-state index contributed by atoms with van der Waals surface area (Å²) in [6, 6.07) is 9.35. The van der Waals surface area contributed by atoms with Gasteiger partial charge in [-0.1, -0.05) is 12.1 Å². The molecular formula is C21H22N4O3. The second-order valence-corrected chi connectivity index (χ2v) is 7.01. The number of furan rings is 1. The van der Waals surface area contributed by atoms with Crippen LogP contribution in [0, 0.1) is 5.92 Å². The summed E-state index contributed by atoms with van der Waals surface area (Å²) in [6.45, 7) is 1.13. The van der Waals surface area contributed by atoms with E-state index in [4.69, 9.17) is 4.42 Å². The zero-order valence-corrected chi connectivity index (χ0v) is 15.7. The van der Waals surface area contributed by atoms with Crippen LogP contribution in [0.1, 0.15) is 23.2 Å². The molecule has 0 atom stereocenters. The number of amides is 2. The second kappa shape index (κ2) is 7.72. The number of piperidine rings is 1. The molecule has 2 aromatic heterocycles. The highest BCUT2D eigenvalue weighted by molar-refractivity contribution is 5.95. The molecule has 0 aliphatic carbocycles. The number of likely N-dealkylation sites (tertiary alicyclic amines) is 1. The highest BCUT2D eigenvalue weighted by atomic mass is 16.3. The third kappa shape index (κ3) is 3.69. The second-order valence-electron chi connectivity index (χ2n) is 7.01. The topological polar surface area (TPSA) is 80.4 Å². The van der Waals surface area contributed by atoms with Gasteiger partial charge in [-0.25, -0.2) is 4.98 Å². The normalized spacial score (nSPS) is 14.8. The SMILES string of the molecule is Cn1ccnc1-c1cccc(NC(=O)C2CCN(C(=O)c3ccoc3)CC2)c1. The first-order valence-corrected chi connectivity index (χ1v) is 9.32. The van der Waals surface area contributed by atoms with E-state index in [9.17, 15) is 9.59 Å². The molecule has 1 aliphatic heterocycles. The minimum Gasteiger partial charge on any atom is -0.472 e. The molecule has 0 radical (unpaired) electrons. The summed E-state index contributed by atoms with van der Waals surface area (Å²) < 4.78 is 6.92. The lowest BCUT2D eigenvalue weighted by Crippen LogP contribution is -2.41. The van der Waals surface area contributed by atoms with Crippen LogP contribution in [0.2, 0.25) is 0 Å². The molecule has 4 rings (SSSR count). The molecule has 2 amide bonds. The molecule has 0 saturated carbocycles. The van der Waals surface area contributed by atoms with Crippen molar-refractivity contribution in [3.63, 3.8) is 0 Å². The van der Waals surface area contributed by atoms with Crippen LogP contribution in [0.25, 0.3) is 11.4 Å². The van der Waals surface area contributed by atoms with Gasteiger partial charge in [-0.2, -0.15) is 0 Å². The van der Waals surface area contributed by atoms with Crippen LogP contribution in [0.3, 0.4) is 0 Å². The van der Waals surface area contributed by atoms with Gasteiger partial charge in [-0.05, 0) is 31.0 Å². The van der Waals surface area contributed by atoms with E-state index < -0.39 is 0 Å². The van der Waals surface area contributed by atoms with Crippen molar-refractivity contribution in [1.82, 2.24) is 14.5 Å². The Balaban J connectivity index is 1.36. The first kappa shape index (κ1) is 18.0. The Morgan fingerprint density at radius 3 is 2.71 bits per heavy atom. The molecule has 1 N–H and O–H groups in total. The highest BCUT2D eigenvalue weighted by Crippen LogP contribution is 2.24. The van der Waals surface area contributed by atoms with E-state index in [-0.39, 0.29) is 17.7 Å². The molecule has 0 spiro atoms. The average Bonchev–Trinajstić information content (AvgIpc) is 3.39. The standard InChI is InChI=1S/C21H22N4O3/c1-24-11-8-22-19(24)16-3-2-4-18(13-16)23-20(26)15-5-9-25(10-6-15)21(27)17-7-12-28-14-17/h2-4,7-8,11-15H,5-6,9-10H2,1H3,(H,23,26). The molecule has 1 saturated heterocycles. The predicted octanol–water partition coefficient (Wildman–Crippen LogP) is 3.17. The fourth-order valence-electron chi connectivity index (χ4n) is 3.54. The van der Waals surface area contributed by atoms with Crippen LogP contribution in [0.4, 0.5) is 5.69 Å². The van der Waals surface area contributed by atoms with Crippen molar-refractivity contribution in [2.75, 3.05) is 18.4 Å². The summed E-state index contributed by atoms with van der Waals surface area (Å²) in [7, 11) is 1.94. The monoisotopic (exact) mass is 378 g/mol. The van der Waals surface area contributed by atoms with Crippen molar-refractivity contribution in [2.45, 2.75) is 12.8 Å². The van der Waals surface area contributed by atoms with Gasteiger partial charge in [-0.15, -0.1) is 0 Å². The van der Waals surface area contributed by atoms with Crippen LogP contribution in [-0.4, -0.2) is 39.4 Å². The number of nitrogens with zero attached hydrogens (tertiary/aromatic N) is 3. The zero-order chi connectivity index (χ0) is 19.5. The number of carbonyl (C=O) groups is 2. The van der Waals surface area contributed by atoms with Crippen molar-refractivity contribution in [3.05, 3.63) is 60.8 Å². The Bertz CT molecular complexity index is 969. The molecule has 0 unspecified atom stereocenters. The Labute approximate surface area is 163 Å². The van der Waals surface area contributed by atoms with Crippen molar-refractivity contribution < 1.29 is 14.0 Å². The number of carbonyl (C=O) groups excluding carboxylic acids is 2. The molecule has 3 heterocycles. The maximum atomic E-state index is 12.7. The third-order valence-electron chi connectivity index (χ3n) is 5.13. The Hall–Kier alpha value is -3.35. The van der Waals surface area contributed by atoms with Crippen LogP contribution in [0.5, 0.6) is 0 Å². The third-order valence-corrected chi connectivity index (χ3v) is 5.13. The molecular weight excluding hydrogens is 356 g/mol. The van der Waals surface area contributed by atoms with Gasteiger partial charge in [-0.3, -0.25) is 9.59 Å². The number of hydrogen-bond donors (Lipinski definition) is 1. The first-order valence-electron chi connectivity index (χ1n) is 9.32. The molecule has 144 valence electrons. The van der Waals surface area contributed by atoms with Gasteiger partial charge >= 0.3 is 0 Å². The summed E-state index contributed by atoms with van der Waals surface area (Å²) in [6.07, 6.45) is 7.88. The quantitative estimate of drug-likeness (QED) is 0.756. The smallest absolute Gasteiger partial charge is 0.257 e. The van der Waals surface area contributed by atoms with E-state index in [0.717, 1.165) is 17.1 Å². The Morgan fingerprint density at radius 1 is 1.21 bits per heavy atom. The van der Waals surface area contributed by atoms with Gasteiger partial charge < -0.3 is 19.2 Å². The number of hydrogen-bond acceptors (Lipinski definition) is 4. The number of aryl methyl sites for hydroxylation is 1. The maximum Gasteiger partial charge on any atom is 0.257 e. The maximum absolute atomic E-state index is 12.7. The van der Waals surface area contributed by atoms with E-state index in [1.807, 2.05) is 42.1 Å². The fraction of sp³-hybridized carbons (Fsp3) is 0.286. The number of anilines is 1. The van der Waals surface area contributed by atoms with E-state index in [0.29, 0.717) is 31.5 Å². The van der Waals surface area contributed by atoms with Crippen LogP contribution < -0.4 is 5.32 Å². The number of benzene rings is 1. The summed E-state index contributed by atoms with van der Waals surface area (Å²) in [5.41, 5.74) is 2.25. The van der Waals surface area contributed by atoms with Gasteiger partial charge in [0.05, 0.1) is 11.8 Å². The lowest BCUT2D eigenvalue weighted by atomic mass is 9.95. The predicted molar refractivity (Wildman–Crippen MR) is 105 cm³/mol. The number of nitrogens with one attached hydrogen (secondary N) is 1. The molecule has 28 heavy (non-hydrogen) atoms. The molecule has 1 fully saturated rings. The molecule has 0 bridgehead atoms. The zero-order valence-electron chi connectivity index (χ0n) is 15.7. The number of aromatic nitrogens is 2. The Kier molecular flexibility index (Phi) is 4.97. The van der Waals surface area contributed by atoms with Crippen molar-refractivity contribution >= 4 is 17.5 Å². The number of rotatable bonds is 4.